The molecule has 0 aliphatic heterocycles. The lowest BCUT2D eigenvalue weighted by molar-refractivity contribution is -0.116. The van der Waals surface area contributed by atoms with Gasteiger partial charge in [-0.2, -0.15) is 0 Å². The Bertz CT molecular complexity index is 131. The van der Waals surface area contributed by atoms with Gasteiger partial charge in [-0.1, -0.05) is 12.1 Å². The zero-order valence-electron chi connectivity index (χ0n) is 5.95. The van der Waals surface area contributed by atoms with E-state index in [0.29, 0.717) is 12.8 Å². The molecule has 0 aromatic rings. The van der Waals surface area contributed by atoms with Crippen LogP contribution in [0.15, 0.2) is 12.1 Å². The van der Waals surface area contributed by atoms with Crippen LogP contribution in [0.5, 0.6) is 0 Å². The molecule has 0 spiro atoms. The Kier molecular flexibility index (Phi) is 4.89. The fourth-order valence-electron chi connectivity index (χ4n) is 0.505. The third-order valence-electron chi connectivity index (χ3n) is 0.971. The molecule has 0 aliphatic carbocycles. The molecule has 0 aliphatic rings. The van der Waals surface area contributed by atoms with Crippen LogP contribution in [-0.4, -0.2) is 22.9 Å². The highest BCUT2D eigenvalue weighted by molar-refractivity contribution is 6.47. The van der Waals surface area contributed by atoms with Crippen LogP contribution in [-0.2, 0) is 4.79 Å². The van der Waals surface area contributed by atoms with E-state index < -0.39 is 7.12 Å². The number of Topliss-reactive ketones (excluding diaryl/α,β-unsaturated/α-hetero) is 1. The zero-order chi connectivity index (χ0) is 7.98. The van der Waals surface area contributed by atoms with Gasteiger partial charge in [-0.3, -0.25) is 0 Å². The largest absolute Gasteiger partial charge is 0.480 e. The standard InChI is InChI=1S/C6H11BO3/c1-6(8)4-2-3-5-7(9)10/h3,5,9-10H,2,4H2,1H3/b5-3-. The minimum Gasteiger partial charge on any atom is -0.424 e. The first kappa shape index (κ1) is 9.39. The average molecular weight is 142 g/mol. The van der Waals surface area contributed by atoms with Crippen LogP contribution in [0.2, 0.25) is 0 Å². The summed E-state index contributed by atoms with van der Waals surface area (Å²) in [5, 5.41) is 16.6. The van der Waals surface area contributed by atoms with Crippen LogP contribution < -0.4 is 0 Å². The molecule has 0 amide bonds. The van der Waals surface area contributed by atoms with Crippen molar-refractivity contribution in [3.05, 3.63) is 12.1 Å². The normalized spacial score (nSPS) is 10.3. The Morgan fingerprint density at radius 3 is 2.60 bits per heavy atom. The topological polar surface area (TPSA) is 57.5 Å². The van der Waals surface area contributed by atoms with Crippen molar-refractivity contribution < 1.29 is 14.8 Å². The van der Waals surface area contributed by atoms with E-state index in [1.165, 1.54) is 12.9 Å². The maximum absolute atomic E-state index is 10.3. The third-order valence-corrected chi connectivity index (χ3v) is 0.971. The molecule has 10 heavy (non-hydrogen) atoms. The molecule has 0 saturated carbocycles. The molecule has 3 nitrogen and oxygen atoms in total. The molecule has 56 valence electrons. The molecule has 2 N–H and O–H groups in total. The van der Waals surface area contributed by atoms with Gasteiger partial charge < -0.3 is 14.8 Å². The molecule has 0 radical (unpaired) electrons. The van der Waals surface area contributed by atoms with E-state index in [1.807, 2.05) is 0 Å². The van der Waals surface area contributed by atoms with E-state index in [2.05, 4.69) is 0 Å². The van der Waals surface area contributed by atoms with E-state index in [-0.39, 0.29) is 5.78 Å². The summed E-state index contributed by atoms with van der Waals surface area (Å²) in [6.07, 6.45) is 2.61. The lowest BCUT2D eigenvalue weighted by Crippen LogP contribution is -2.05. The van der Waals surface area contributed by atoms with Gasteiger partial charge in [0.25, 0.3) is 0 Å². The number of hydrogen-bond acceptors (Lipinski definition) is 3. The van der Waals surface area contributed by atoms with Gasteiger partial charge in [0.2, 0.25) is 0 Å². The molecule has 0 saturated heterocycles. The second-order valence-corrected chi connectivity index (χ2v) is 2.08. The Balaban J connectivity index is 3.27. The molecule has 0 fully saturated rings. The monoisotopic (exact) mass is 142 g/mol. The highest BCUT2D eigenvalue weighted by Gasteiger charge is 1.97. The van der Waals surface area contributed by atoms with E-state index >= 15 is 0 Å². The van der Waals surface area contributed by atoms with Crippen LogP contribution in [0.1, 0.15) is 19.8 Å². The predicted octanol–water partition coefficient (Wildman–Crippen LogP) is -0.0762. The first-order valence-corrected chi connectivity index (χ1v) is 3.15. The Morgan fingerprint density at radius 2 is 2.20 bits per heavy atom. The van der Waals surface area contributed by atoms with Crippen molar-refractivity contribution in [1.82, 2.24) is 0 Å². The van der Waals surface area contributed by atoms with Crippen molar-refractivity contribution in [3.63, 3.8) is 0 Å². The number of ketones is 1. The van der Waals surface area contributed by atoms with Gasteiger partial charge in [-0.05, 0) is 13.3 Å². The SMILES string of the molecule is CC(=O)CC/C=C\B(O)O. The number of carbonyl (C=O) groups excluding carboxylic acids is 1. The van der Waals surface area contributed by atoms with E-state index in [4.69, 9.17) is 10.0 Å². The first-order valence-electron chi connectivity index (χ1n) is 3.15. The molecule has 0 aromatic heterocycles. The van der Waals surface area contributed by atoms with Crippen LogP contribution in [0.3, 0.4) is 0 Å². The van der Waals surface area contributed by atoms with Crippen molar-refractivity contribution in [2.75, 3.05) is 0 Å². The first-order chi connectivity index (χ1) is 4.63. The summed E-state index contributed by atoms with van der Waals surface area (Å²) in [5.74, 6) is 1.35. The minimum absolute atomic E-state index is 0.108. The molecule has 0 rings (SSSR count). The van der Waals surface area contributed by atoms with Gasteiger partial charge in [0, 0.05) is 6.42 Å². The molecule has 0 atom stereocenters. The van der Waals surface area contributed by atoms with Gasteiger partial charge >= 0.3 is 7.12 Å². The van der Waals surface area contributed by atoms with Gasteiger partial charge in [0.1, 0.15) is 5.78 Å². The summed E-state index contributed by atoms with van der Waals surface area (Å²) in [7, 11) is -1.40. The molecule has 0 bridgehead atoms. The molecule has 0 unspecified atom stereocenters. The lowest BCUT2D eigenvalue weighted by Gasteiger charge is -1.87. The fourth-order valence-corrected chi connectivity index (χ4v) is 0.505. The summed E-state index contributed by atoms with van der Waals surface area (Å²) in [4.78, 5) is 10.3. The van der Waals surface area contributed by atoms with Gasteiger partial charge in [0.05, 0.1) is 0 Å². The molecule has 4 heteroatoms. The second kappa shape index (κ2) is 5.20. The number of hydrogen-bond donors (Lipinski definition) is 2. The summed E-state index contributed by atoms with van der Waals surface area (Å²) >= 11 is 0. The summed E-state index contributed by atoms with van der Waals surface area (Å²) < 4.78 is 0. The Morgan fingerprint density at radius 1 is 1.60 bits per heavy atom. The van der Waals surface area contributed by atoms with Crippen molar-refractivity contribution >= 4 is 12.9 Å². The molecular formula is C6H11BO3. The Labute approximate surface area is 60.5 Å². The quantitative estimate of drug-likeness (QED) is 0.540. The predicted molar refractivity (Wildman–Crippen MR) is 39.2 cm³/mol. The van der Waals surface area contributed by atoms with Crippen LogP contribution in [0, 0.1) is 0 Å². The van der Waals surface area contributed by atoms with Crippen molar-refractivity contribution in [3.8, 4) is 0 Å². The smallest absolute Gasteiger partial charge is 0.424 e. The highest BCUT2D eigenvalue weighted by atomic mass is 16.4. The van der Waals surface area contributed by atoms with Gasteiger partial charge in [0.15, 0.2) is 0 Å². The summed E-state index contributed by atoms with van der Waals surface area (Å²) in [6.45, 7) is 1.50. The zero-order valence-corrected chi connectivity index (χ0v) is 5.95. The number of rotatable bonds is 4. The van der Waals surface area contributed by atoms with E-state index in [1.54, 1.807) is 6.08 Å². The second-order valence-electron chi connectivity index (χ2n) is 2.08. The number of carbonyl (C=O) groups is 1. The van der Waals surface area contributed by atoms with Crippen molar-refractivity contribution in [2.24, 2.45) is 0 Å². The van der Waals surface area contributed by atoms with Crippen LogP contribution in [0.4, 0.5) is 0 Å². The van der Waals surface area contributed by atoms with Gasteiger partial charge in [-0.25, -0.2) is 0 Å². The summed E-state index contributed by atoms with van der Waals surface area (Å²) in [5.41, 5.74) is 0. The van der Waals surface area contributed by atoms with E-state index in [0.717, 1.165) is 0 Å². The maximum atomic E-state index is 10.3. The van der Waals surface area contributed by atoms with Crippen molar-refractivity contribution in [2.45, 2.75) is 19.8 Å². The molecular weight excluding hydrogens is 131 g/mol. The molecule has 0 aromatic carbocycles. The van der Waals surface area contributed by atoms with Gasteiger partial charge in [-0.15, -0.1) is 0 Å². The highest BCUT2D eigenvalue weighted by Crippen LogP contribution is 1.91. The van der Waals surface area contributed by atoms with E-state index in [9.17, 15) is 4.79 Å². The minimum atomic E-state index is -1.40. The number of allylic oxidation sites excluding steroid dienone is 1. The Hall–Kier alpha value is -0.605. The maximum Gasteiger partial charge on any atom is 0.480 e. The lowest BCUT2D eigenvalue weighted by atomic mass is 9.91. The van der Waals surface area contributed by atoms with Crippen molar-refractivity contribution in [1.29, 1.82) is 0 Å². The molecule has 0 heterocycles. The third kappa shape index (κ3) is 7.39. The fraction of sp³-hybridized carbons (Fsp3) is 0.500. The summed E-state index contributed by atoms with van der Waals surface area (Å²) in [6, 6.07) is 0. The van der Waals surface area contributed by atoms with Crippen LogP contribution in [0.25, 0.3) is 0 Å². The van der Waals surface area contributed by atoms with Crippen LogP contribution >= 0.6 is 0 Å². The average Bonchev–Trinajstić information content (AvgIpc) is 1.79.